The maximum absolute atomic E-state index is 13.7. The van der Waals surface area contributed by atoms with E-state index in [1.54, 1.807) is 0 Å². The van der Waals surface area contributed by atoms with Crippen LogP contribution in [0.5, 0.6) is 0 Å². The molecule has 1 atom stereocenters. The topological polar surface area (TPSA) is 62.2 Å². The number of nitrogens with zero attached hydrogens (tertiary/aromatic N) is 1. The molecule has 7 heteroatoms. The Morgan fingerprint density at radius 3 is 2.67 bits per heavy atom. The van der Waals surface area contributed by atoms with Crippen LogP contribution < -0.4 is 5.32 Å². The number of nitrogens with one attached hydrogen (secondary N) is 1. The van der Waals surface area contributed by atoms with E-state index in [2.05, 4.69) is 10.3 Å². The fourth-order valence-corrected chi connectivity index (χ4v) is 2.03. The van der Waals surface area contributed by atoms with E-state index in [0.717, 1.165) is 24.4 Å². The van der Waals surface area contributed by atoms with E-state index in [1.165, 1.54) is 25.3 Å². The van der Waals surface area contributed by atoms with Crippen molar-refractivity contribution >= 4 is 12.0 Å². The first-order chi connectivity index (χ1) is 11.3. The lowest BCUT2D eigenvalue weighted by Crippen LogP contribution is -2.38. The molecule has 0 radical (unpaired) electrons. The van der Waals surface area contributed by atoms with Gasteiger partial charge in [-0.1, -0.05) is 6.07 Å². The molecule has 0 saturated carbocycles. The second-order valence-corrected chi connectivity index (χ2v) is 5.39. The first-order valence-corrected chi connectivity index (χ1v) is 7.02. The molecule has 1 amide bonds. The molecule has 0 aliphatic heterocycles. The van der Waals surface area contributed by atoms with Crippen LogP contribution in [0, 0.1) is 17.5 Å². The first kappa shape index (κ1) is 17.7. The van der Waals surface area contributed by atoms with Crippen LogP contribution in [-0.4, -0.2) is 22.5 Å². The lowest BCUT2D eigenvalue weighted by molar-refractivity contribution is -0.117. The molecule has 126 valence electrons. The molecule has 0 fully saturated rings. The van der Waals surface area contributed by atoms with Gasteiger partial charge in [-0.2, -0.15) is 0 Å². The third-order valence-electron chi connectivity index (χ3n) is 3.27. The van der Waals surface area contributed by atoms with Gasteiger partial charge in [-0.25, -0.2) is 13.2 Å². The van der Waals surface area contributed by atoms with Crippen molar-refractivity contribution in [3.63, 3.8) is 0 Å². The quantitative estimate of drug-likeness (QED) is 0.825. The Morgan fingerprint density at radius 2 is 2.00 bits per heavy atom. The molecule has 24 heavy (non-hydrogen) atoms. The molecule has 0 spiro atoms. The SMILES string of the molecule is CC(O)(CNC(=O)/C=C/c1cncc(F)c1)c1ccc(F)cc1F. The van der Waals surface area contributed by atoms with Crippen LogP contribution >= 0.6 is 0 Å². The average molecular weight is 336 g/mol. The predicted octanol–water partition coefficient (Wildman–Crippen LogP) is 2.54. The van der Waals surface area contributed by atoms with Crippen LogP contribution in [0.15, 0.2) is 42.7 Å². The second-order valence-electron chi connectivity index (χ2n) is 5.39. The van der Waals surface area contributed by atoms with Crippen molar-refractivity contribution in [2.75, 3.05) is 6.54 Å². The third kappa shape index (κ3) is 4.66. The minimum atomic E-state index is -1.72. The van der Waals surface area contributed by atoms with Crippen LogP contribution in [0.4, 0.5) is 13.2 Å². The summed E-state index contributed by atoms with van der Waals surface area (Å²) in [6.07, 6.45) is 4.88. The van der Waals surface area contributed by atoms with Gasteiger partial charge in [0, 0.05) is 23.9 Å². The fourth-order valence-electron chi connectivity index (χ4n) is 2.03. The Balaban J connectivity index is 1.99. The summed E-state index contributed by atoms with van der Waals surface area (Å²) in [7, 11) is 0. The molecule has 4 nitrogen and oxygen atoms in total. The number of aromatic nitrogens is 1. The van der Waals surface area contributed by atoms with Gasteiger partial charge in [-0.3, -0.25) is 9.78 Å². The molecule has 0 aliphatic rings. The summed E-state index contributed by atoms with van der Waals surface area (Å²) in [6, 6.07) is 3.99. The van der Waals surface area contributed by atoms with E-state index in [0.29, 0.717) is 11.6 Å². The minimum absolute atomic E-state index is 0.137. The van der Waals surface area contributed by atoms with Crippen molar-refractivity contribution < 1.29 is 23.1 Å². The molecule has 2 aromatic rings. The Hall–Kier alpha value is -2.67. The van der Waals surface area contributed by atoms with Crippen LogP contribution in [0.2, 0.25) is 0 Å². The summed E-state index contributed by atoms with van der Waals surface area (Å²) < 4.78 is 39.6. The van der Waals surface area contributed by atoms with E-state index in [9.17, 15) is 23.1 Å². The number of halogens is 3. The zero-order valence-corrected chi connectivity index (χ0v) is 12.8. The molecule has 2 N–H and O–H groups in total. The summed E-state index contributed by atoms with van der Waals surface area (Å²) in [6.45, 7) is 1.00. The van der Waals surface area contributed by atoms with Crippen molar-refractivity contribution in [3.05, 3.63) is 71.3 Å². The van der Waals surface area contributed by atoms with Crippen molar-refractivity contribution in [3.8, 4) is 0 Å². The molecule has 1 heterocycles. The summed E-state index contributed by atoms with van der Waals surface area (Å²) in [5.74, 6) is -2.77. The Kier molecular flexibility index (Phi) is 5.35. The van der Waals surface area contributed by atoms with Gasteiger partial charge >= 0.3 is 0 Å². The van der Waals surface area contributed by atoms with E-state index >= 15 is 0 Å². The highest BCUT2D eigenvalue weighted by atomic mass is 19.1. The number of carbonyl (C=O) groups is 1. The zero-order valence-electron chi connectivity index (χ0n) is 12.8. The molecule has 1 aromatic carbocycles. The predicted molar refractivity (Wildman–Crippen MR) is 82.2 cm³/mol. The number of rotatable bonds is 5. The summed E-state index contributed by atoms with van der Waals surface area (Å²) in [5, 5.41) is 12.7. The molecular formula is C17H15F3N2O2. The number of amides is 1. The summed E-state index contributed by atoms with van der Waals surface area (Å²) in [5.41, 5.74) is -1.47. The maximum Gasteiger partial charge on any atom is 0.244 e. The van der Waals surface area contributed by atoms with Crippen molar-refractivity contribution in [2.24, 2.45) is 0 Å². The monoisotopic (exact) mass is 336 g/mol. The molecular weight excluding hydrogens is 321 g/mol. The standard InChI is InChI=1S/C17H15F3N2O2/c1-17(24,14-4-3-12(18)7-15(14)20)10-22-16(23)5-2-11-6-13(19)9-21-8-11/h2-9,24H,10H2,1H3,(H,22,23)/b5-2+. The number of hydrogen-bond donors (Lipinski definition) is 2. The molecule has 0 aliphatic carbocycles. The Labute approximate surface area is 136 Å². The van der Waals surface area contributed by atoms with Crippen LogP contribution in [0.3, 0.4) is 0 Å². The van der Waals surface area contributed by atoms with Crippen LogP contribution in [-0.2, 0) is 10.4 Å². The largest absolute Gasteiger partial charge is 0.383 e. The van der Waals surface area contributed by atoms with Gasteiger partial charge in [-0.05, 0) is 30.7 Å². The Bertz CT molecular complexity index is 776. The first-order valence-electron chi connectivity index (χ1n) is 7.02. The van der Waals surface area contributed by atoms with Gasteiger partial charge < -0.3 is 10.4 Å². The Morgan fingerprint density at radius 1 is 1.25 bits per heavy atom. The molecule has 2 rings (SSSR count). The average Bonchev–Trinajstić information content (AvgIpc) is 2.51. The van der Waals surface area contributed by atoms with Gasteiger partial charge in [0.25, 0.3) is 0 Å². The lowest BCUT2D eigenvalue weighted by Gasteiger charge is -2.24. The highest BCUT2D eigenvalue weighted by Crippen LogP contribution is 2.23. The van der Waals surface area contributed by atoms with Crippen molar-refractivity contribution in [1.29, 1.82) is 0 Å². The van der Waals surface area contributed by atoms with Gasteiger partial charge in [0.1, 0.15) is 23.1 Å². The summed E-state index contributed by atoms with van der Waals surface area (Å²) >= 11 is 0. The van der Waals surface area contributed by atoms with E-state index < -0.39 is 29.0 Å². The van der Waals surface area contributed by atoms with E-state index in [4.69, 9.17) is 0 Å². The van der Waals surface area contributed by atoms with Gasteiger partial charge in [0.2, 0.25) is 5.91 Å². The minimum Gasteiger partial charge on any atom is -0.383 e. The normalized spacial score (nSPS) is 13.7. The molecule has 1 aromatic heterocycles. The molecule has 1 unspecified atom stereocenters. The highest BCUT2D eigenvalue weighted by molar-refractivity contribution is 5.91. The smallest absolute Gasteiger partial charge is 0.244 e. The molecule has 0 bridgehead atoms. The fraction of sp³-hybridized carbons (Fsp3) is 0.176. The van der Waals surface area contributed by atoms with Gasteiger partial charge in [-0.15, -0.1) is 0 Å². The lowest BCUT2D eigenvalue weighted by atomic mass is 9.95. The van der Waals surface area contributed by atoms with Crippen LogP contribution in [0.1, 0.15) is 18.1 Å². The summed E-state index contributed by atoms with van der Waals surface area (Å²) in [4.78, 5) is 15.4. The zero-order chi connectivity index (χ0) is 17.7. The van der Waals surface area contributed by atoms with E-state index in [1.807, 2.05) is 0 Å². The number of carbonyl (C=O) groups excluding carboxylic acids is 1. The number of aliphatic hydroxyl groups is 1. The van der Waals surface area contributed by atoms with Gasteiger partial charge in [0.15, 0.2) is 0 Å². The second kappa shape index (κ2) is 7.27. The van der Waals surface area contributed by atoms with Crippen LogP contribution in [0.25, 0.3) is 6.08 Å². The van der Waals surface area contributed by atoms with E-state index in [-0.39, 0.29) is 12.1 Å². The number of benzene rings is 1. The maximum atomic E-state index is 13.7. The third-order valence-corrected chi connectivity index (χ3v) is 3.27. The number of pyridine rings is 1. The molecule has 0 saturated heterocycles. The van der Waals surface area contributed by atoms with Crippen molar-refractivity contribution in [1.82, 2.24) is 10.3 Å². The van der Waals surface area contributed by atoms with Crippen molar-refractivity contribution in [2.45, 2.75) is 12.5 Å². The number of hydrogen-bond acceptors (Lipinski definition) is 3. The highest BCUT2D eigenvalue weighted by Gasteiger charge is 2.27. The van der Waals surface area contributed by atoms with Gasteiger partial charge in [0.05, 0.1) is 12.7 Å².